The highest BCUT2D eigenvalue weighted by Gasteiger charge is 2.14. The lowest BCUT2D eigenvalue weighted by Gasteiger charge is -2.21. The average Bonchev–Trinajstić information content (AvgIpc) is 2.70. The Hall–Kier alpha value is -0.610. The van der Waals surface area contributed by atoms with Crippen molar-refractivity contribution in [2.24, 2.45) is 0 Å². The van der Waals surface area contributed by atoms with Crippen LogP contribution in [0.5, 0.6) is 0 Å². The molecule has 0 radical (unpaired) electrons. The molecule has 0 amide bonds. The Morgan fingerprint density at radius 3 is 2.88 bits per heavy atom. The lowest BCUT2D eigenvalue weighted by atomic mass is 10.3. The normalized spacial score (nSPS) is 18.6. The summed E-state index contributed by atoms with van der Waals surface area (Å²) in [6.07, 6.45) is 6.37. The predicted octanol–water partition coefficient (Wildman–Crippen LogP) is 2.74. The summed E-state index contributed by atoms with van der Waals surface area (Å²) in [6.45, 7) is 5.84. The number of aromatic nitrogens is 1. The lowest BCUT2D eigenvalue weighted by Crippen LogP contribution is -2.32. The summed E-state index contributed by atoms with van der Waals surface area (Å²) < 4.78 is 1.02. The molecule has 3 nitrogen and oxygen atoms in total. The van der Waals surface area contributed by atoms with E-state index >= 15 is 0 Å². The molecule has 0 aliphatic carbocycles. The van der Waals surface area contributed by atoms with Crippen molar-refractivity contribution in [1.82, 2.24) is 9.88 Å². The van der Waals surface area contributed by atoms with Gasteiger partial charge in [0.05, 0.1) is 11.9 Å². The molecular weight excluding hydrogens is 266 g/mol. The van der Waals surface area contributed by atoms with Crippen LogP contribution >= 0.6 is 15.9 Å². The van der Waals surface area contributed by atoms with Crippen molar-refractivity contribution < 1.29 is 0 Å². The van der Waals surface area contributed by atoms with Gasteiger partial charge in [0.15, 0.2) is 0 Å². The van der Waals surface area contributed by atoms with Crippen LogP contribution in [0, 0.1) is 0 Å². The maximum absolute atomic E-state index is 4.15. The number of pyridine rings is 1. The number of hydrogen-bond acceptors (Lipinski definition) is 3. The largest absolute Gasteiger partial charge is 0.380 e. The maximum Gasteiger partial charge on any atom is 0.0540 e. The Bertz CT molecular complexity index is 337. The van der Waals surface area contributed by atoms with E-state index in [1.165, 1.54) is 25.9 Å². The number of halogens is 1. The van der Waals surface area contributed by atoms with Crippen LogP contribution in [0.1, 0.15) is 19.8 Å². The van der Waals surface area contributed by atoms with Gasteiger partial charge < -0.3 is 10.2 Å². The zero-order chi connectivity index (χ0) is 11.4. The van der Waals surface area contributed by atoms with Gasteiger partial charge in [-0.25, -0.2) is 0 Å². The number of nitrogens with zero attached hydrogens (tertiary/aromatic N) is 2. The van der Waals surface area contributed by atoms with Crippen molar-refractivity contribution in [3.05, 3.63) is 22.9 Å². The monoisotopic (exact) mass is 283 g/mol. The highest BCUT2D eigenvalue weighted by molar-refractivity contribution is 9.10. The van der Waals surface area contributed by atoms with E-state index in [1.54, 1.807) is 6.20 Å². The van der Waals surface area contributed by atoms with Gasteiger partial charge in [0.2, 0.25) is 0 Å². The highest BCUT2D eigenvalue weighted by Crippen LogP contribution is 2.15. The number of anilines is 1. The molecular formula is C12H18BrN3. The molecule has 0 bridgehead atoms. The fraction of sp³-hybridized carbons (Fsp3) is 0.583. The Morgan fingerprint density at radius 2 is 2.19 bits per heavy atom. The zero-order valence-electron chi connectivity index (χ0n) is 9.62. The van der Waals surface area contributed by atoms with Gasteiger partial charge in [-0.15, -0.1) is 0 Å². The van der Waals surface area contributed by atoms with E-state index in [9.17, 15) is 0 Å². The van der Waals surface area contributed by atoms with Gasteiger partial charge in [-0.1, -0.05) is 0 Å². The molecule has 1 atom stereocenters. The first-order valence-electron chi connectivity index (χ1n) is 5.83. The minimum absolute atomic E-state index is 0.467. The first-order chi connectivity index (χ1) is 7.74. The molecule has 1 unspecified atom stereocenters. The van der Waals surface area contributed by atoms with Crippen molar-refractivity contribution in [3.8, 4) is 0 Å². The average molecular weight is 284 g/mol. The van der Waals surface area contributed by atoms with E-state index in [1.807, 2.05) is 6.20 Å². The second-order valence-corrected chi connectivity index (χ2v) is 5.36. The number of nitrogens with one attached hydrogen (secondary N) is 1. The van der Waals surface area contributed by atoms with Crippen LogP contribution in [0.4, 0.5) is 5.69 Å². The molecule has 1 aromatic heterocycles. The summed E-state index contributed by atoms with van der Waals surface area (Å²) in [5.74, 6) is 0. The molecule has 1 aliphatic rings. The van der Waals surface area contributed by atoms with Crippen LogP contribution in [0.15, 0.2) is 22.9 Å². The van der Waals surface area contributed by atoms with Crippen molar-refractivity contribution in [2.75, 3.05) is 25.0 Å². The molecule has 4 heteroatoms. The summed E-state index contributed by atoms with van der Waals surface area (Å²) in [5, 5.41) is 3.48. The molecule has 1 fully saturated rings. The van der Waals surface area contributed by atoms with Gasteiger partial charge in [0, 0.05) is 23.3 Å². The van der Waals surface area contributed by atoms with Gasteiger partial charge >= 0.3 is 0 Å². The molecule has 0 saturated carbocycles. The van der Waals surface area contributed by atoms with Crippen molar-refractivity contribution >= 4 is 21.6 Å². The molecule has 0 aromatic carbocycles. The topological polar surface area (TPSA) is 28.2 Å². The van der Waals surface area contributed by atoms with E-state index in [-0.39, 0.29) is 0 Å². The Labute approximate surface area is 105 Å². The van der Waals surface area contributed by atoms with Crippen molar-refractivity contribution in [1.29, 1.82) is 0 Å². The first-order valence-corrected chi connectivity index (χ1v) is 6.63. The van der Waals surface area contributed by atoms with Crippen LogP contribution in [0.2, 0.25) is 0 Å². The first kappa shape index (κ1) is 11.9. The highest BCUT2D eigenvalue weighted by atomic mass is 79.9. The van der Waals surface area contributed by atoms with Crippen LogP contribution in [-0.4, -0.2) is 35.6 Å². The molecule has 1 saturated heterocycles. The molecule has 88 valence electrons. The quantitative estimate of drug-likeness (QED) is 0.921. The Kier molecular flexibility index (Phi) is 4.18. The maximum atomic E-state index is 4.15. The van der Waals surface area contributed by atoms with Gasteiger partial charge in [0.25, 0.3) is 0 Å². The van der Waals surface area contributed by atoms with Gasteiger partial charge in [-0.05, 0) is 54.9 Å². The van der Waals surface area contributed by atoms with Crippen LogP contribution in [0.25, 0.3) is 0 Å². The minimum atomic E-state index is 0.467. The third-order valence-electron chi connectivity index (χ3n) is 2.85. The van der Waals surface area contributed by atoms with Crippen molar-refractivity contribution in [2.45, 2.75) is 25.8 Å². The third-order valence-corrected chi connectivity index (χ3v) is 3.28. The molecule has 16 heavy (non-hydrogen) atoms. The fourth-order valence-corrected chi connectivity index (χ4v) is 2.54. The molecule has 2 heterocycles. The molecule has 0 spiro atoms. The zero-order valence-corrected chi connectivity index (χ0v) is 11.2. The van der Waals surface area contributed by atoms with Gasteiger partial charge in [-0.3, -0.25) is 4.98 Å². The van der Waals surface area contributed by atoms with E-state index in [0.29, 0.717) is 6.04 Å². The number of likely N-dealkylation sites (tertiary alicyclic amines) is 1. The Balaban J connectivity index is 1.84. The minimum Gasteiger partial charge on any atom is -0.380 e. The Morgan fingerprint density at radius 1 is 1.44 bits per heavy atom. The SMILES string of the molecule is CC(CN1CCCC1)Nc1cncc(Br)c1. The lowest BCUT2D eigenvalue weighted by molar-refractivity contribution is 0.328. The third kappa shape index (κ3) is 3.46. The number of rotatable bonds is 4. The fourth-order valence-electron chi connectivity index (χ4n) is 2.17. The standard InChI is InChI=1S/C12H18BrN3/c1-10(9-16-4-2-3-5-16)15-12-6-11(13)7-14-8-12/h6-8,10,15H,2-5,9H2,1H3. The van der Waals surface area contributed by atoms with E-state index in [2.05, 4.69) is 44.1 Å². The second kappa shape index (κ2) is 5.64. The molecule has 2 rings (SSSR count). The smallest absolute Gasteiger partial charge is 0.0540 e. The summed E-state index contributed by atoms with van der Waals surface area (Å²) in [6, 6.07) is 2.53. The van der Waals surface area contributed by atoms with Crippen LogP contribution in [-0.2, 0) is 0 Å². The summed E-state index contributed by atoms with van der Waals surface area (Å²) in [7, 11) is 0. The van der Waals surface area contributed by atoms with E-state index < -0.39 is 0 Å². The molecule has 1 aromatic rings. The number of hydrogen-bond donors (Lipinski definition) is 1. The van der Waals surface area contributed by atoms with Crippen LogP contribution in [0.3, 0.4) is 0 Å². The summed E-state index contributed by atoms with van der Waals surface area (Å²) in [5.41, 5.74) is 1.08. The van der Waals surface area contributed by atoms with E-state index in [0.717, 1.165) is 16.7 Å². The summed E-state index contributed by atoms with van der Waals surface area (Å²) in [4.78, 5) is 6.66. The predicted molar refractivity (Wildman–Crippen MR) is 70.7 cm³/mol. The summed E-state index contributed by atoms with van der Waals surface area (Å²) >= 11 is 3.43. The van der Waals surface area contributed by atoms with Crippen molar-refractivity contribution in [3.63, 3.8) is 0 Å². The van der Waals surface area contributed by atoms with Gasteiger partial charge in [0.1, 0.15) is 0 Å². The molecule has 1 aliphatic heterocycles. The molecule has 1 N–H and O–H groups in total. The second-order valence-electron chi connectivity index (χ2n) is 4.44. The van der Waals surface area contributed by atoms with Gasteiger partial charge in [-0.2, -0.15) is 0 Å². The van der Waals surface area contributed by atoms with E-state index in [4.69, 9.17) is 0 Å². The van der Waals surface area contributed by atoms with Crippen LogP contribution < -0.4 is 5.32 Å².